The van der Waals surface area contributed by atoms with Gasteiger partial charge in [-0.1, -0.05) is 12.1 Å². The van der Waals surface area contributed by atoms with Crippen molar-refractivity contribution in [3.8, 4) is 0 Å². The summed E-state index contributed by atoms with van der Waals surface area (Å²) in [7, 11) is -4.27. The summed E-state index contributed by atoms with van der Waals surface area (Å²) in [4.78, 5) is -0.700. The predicted octanol–water partition coefficient (Wildman–Crippen LogP) is 2.29. The molecule has 0 fully saturated rings. The minimum Gasteiger partial charge on any atom is -0.398 e. The lowest BCUT2D eigenvalue weighted by Crippen LogP contribution is -2.37. The van der Waals surface area contributed by atoms with Crippen LogP contribution >= 0.6 is 0 Å². The van der Waals surface area contributed by atoms with Crippen molar-refractivity contribution in [1.82, 2.24) is 4.31 Å². The van der Waals surface area contributed by atoms with Crippen LogP contribution in [0, 0.1) is 5.82 Å². The van der Waals surface area contributed by atoms with E-state index in [-0.39, 0.29) is 12.2 Å². The van der Waals surface area contributed by atoms with E-state index in [1.54, 1.807) is 0 Å². The lowest BCUT2D eigenvalue weighted by atomic mass is 10.1. The summed E-state index contributed by atoms with van der Waals surface area (Å²) in [5.41, 5.74) is 4.41. The molecule has 0 bridgehead atoms. The Hall–Kier alpha value is -1.61. The standard InChI is InChI=1S/C12H12F4N2O2S/c13-9-2-1-3-10(17)11(9)21(19,20)18-6-4-8(5-7-18)12(14,15)16/h1-4H,5-7,17H2. The topological polar surface area (TPSA) is 63.4 Å². The second-order valence-corrected chi connectivity index (χ2v) is 6.37. The zero-order chi connectivity index (χ0) is 15.8. The van der Waals surface area contributed by atoms with Crippen molar-refractivity contribution in [3.63, 3.8) is 0 Å². The average Bonchev–Trinajstić information content (AvgIpc) is 2.37. The van der Waals surface area contributed by atoms with Gasteiger partial charge in [0.25, 0.3) is 0 Å². The fourth-order valence-corrected chi connectivity index (χ4v) is 3.59. The summed E-state index contributed by atoms with van der Waals surface area (Å²) >= 11 is 0. The van der Waals surface area contributed by atoms with Gasteiger partial charge in [-0.25, -0.2) is 12.8 Å². The Morgan fingerprint density at radius 3 is 2.38 bits per heavy atom. The quantitative estimate of drug-likeness (QED) is 0.516. The molecular weight excluding hydrogens is 312 g/mol. The van der Waals surface area contributed by atoms with Gasteiger partial charge in [0.2, 0.25) is 10.0 Å². The van der Waals surface area contributed by atoms with Gasteiger partial charge in [0, 0.05) is 18.7 Å². The van der Waals surface area contributed by atoms with Crippen LogP contribution in [0.4, 0.5) is 23.2 Å². The summed E-state index contributed by atoms with van der Waals surface area (Å²) in [6, 6.07) is 3.41. The SMILES string of the molecule is Nc1cccc(F)c1S(=O)(=O)N1CC=C(C(F)(F)F)CC1. The molecule has 0 spiro atoms. The first-order valence-corrected chi connectivity index (χ1v) is 7.38. The lowest BCUT2D eigenvalue weighted by Gasteiger charge is -2.27. The van der Waals surface area contributed by atoms with E-state index < -0.39 is 45.5 Å². The Labute approximate surface area is 118 Å². The fraction of sp³-hybridized carbons (Fsp3) is 0.333. The summed E-state index contributed by atoms with van der Waals surface area (Å²) in [6.07, 6.45) is -4.16. The maximum Gasteiger partial charge on any atom is 0.412 e. The third-order valence-electron chi connectivity index (χ3n) is 3.13. The van der Waals surface area contributed by atoms with Gasteiger partial charge < -0.3 is 5.73 Å². The van der Waals surface area contributed by atoms with Crippen LogP contribution in [-0.2, 0) is 10.0 Å². The summed E-state index contributed by atoms with van der Waals surface area (Å²) in [6.45, 7) is -0.841. The summed E-state index contributed by atoms with van der Waals surface area (Å²) in [5.74, 6) is -1.03. The van der Waals surface area contributed by atoms with Crippen LogP contribution < -0.4 is 5.73 Å². The van der Waals surface area contributed by atoms with Crippen LogP contribution in [0.15, 0.2) is 34.7 Å². The van der Waals surface area contributed by atoms with Crippen LogP contribution in [0.3, 0.4) is 0 Å². The van der Waals surface area contributed by atoms with Crippen molar-refractivity contribution in [3.05, 3.63) is 35.7 Å². The molecule has 0 aromatic heterocycles. The predicted molar refractivity (Wildman–Crippen MR) is 68.3 cm³/mol. The number of nitrogens with two attached hydrogens (primary N) is 1. The minimum absolute atomic E-state index is 0.277. The Bertz CT molecular complexity index is 663. The Balaban J connectivity index is 2.34. The van der Waals surface area contributed by atoms with Crippen LogP contribution in [-0.4, -0.2) is 32.0 Å². The fourth-order valence-electron chi connectivity index (χ4n) is 2.05. The van der Waals surface area contributed by atoms with Crippen LogP contribution in [0.2, 0.25) is 0 Å². The highest BCUT2D eigenvalue weighted by molar-refractivity contribution is 7.89. The summed E-state index contributed by atoms with van der Waals surface area (Å²) < 4.78 is 76.5. The number of anilines is 1. The molecule has 21 heavy (non-hydrogen) atoms. The van der Waals surface area contributed by atoms with E-state index in [9.17, 15) is 26.0 Å². The third kappa shape index (κ3) is 3.03. The van der Waals surface area contributed by atoms with Gasteiger partial charge in [-0.15, -0.1) is 0 Å². The van der Waals surface area contributed by atoms with Crippen molar-refractivity contribution >= 4 is 15.7 Å². The van der Waals surface area contributed by atoms with Crippen molar-refractivity contribution in [2.24, 2.45) is 0 Å². The van der Waals surface area contributed by atoms with Gasteiger partial charge in [0.05, 0.1) is 5.69 Å². The molecule has 4 nitrogen and oxygen atoms in total. The molecule has 0 aliphatic carbocycles. The third-order valence-corrected chi connectivity index (χ3v) is 5.09. The number of sulfonamides is 1. The molecule has 1 aromatic carbocycles. The first-order valence-electron chi connectivity index (χ1n) is 5.94. The molecule has 0 amide bonds. The minimum atomic E-state index is -4.48. The molecule has 1 aliphatic rings. The van der Waals surface area contributed by atoms with E-state index >= 15 is 0 Å². The summed E-state index contributed by atoms with van der Waals surface area (Å²) in [5, 5.41) is 0. The highest BCUT2D eigenvalue weighted by Gasteiger charge is 2.38. The maximum absolute atomic E-state index is 13.7. The van der Waals surface area contributed by atoms with Crippen molar-refractivity contribution in [2.75, 3.05) is 18.8 Å². The molecule has 1 aromatic rings. The zero-order valence-corrected chi connectivity index (χ0v) is 11.5. The van der Waals surface area contributed by atoms with Gasteiger partial charge in [0.1, 0.15) is 10.7 Å². The molecule has 1 aliphatic heterocycles. The number of rotatable bonds is 2. The van der Waals surface area contributed by atoms with Crippen molar-refractivity contribution in [2.45, 2.75) is 17.5 Å². The molecular formula is C12H12F4N2O2S. The molecule has 0 saturated carbocycles. The van der Waals surface area contributed by atoms with Gasteiger partial charge in [0.15, 0.2) is 0 Å². The van der Waals surface area contributed by atoms with E-state index in [0.29, 0.717) is 0 Å². The molecule has 2 N–H and O–H groups in total. The first-order chi connectivity index (χ1) is 9.64. The number of alkyl halides is 3. The number of halogens is 4. The largest absolute Gasteiger partial charge is 0.412 e. The number of nitrogen functional groups attached to an aromatic ring is 1. The van der Waals surface area contributed by atoms with Crippen molar-refractivity contribution < 1.29 is 26.0 Å². The molecule has 0 atom stereocenters. The molecule has 9 heteroatoms. The Morgan fingerprint density at radius 2 is 1.90 bits per heavy atom. The highest BCUT2D eigenvalue weighted by Crippen LogP contribution is 2.33. The molecule has 2 rings (SSSR count). The Kier molecular flexibility index (Phi) is 3.98. The average molecular weight is 324 g/mol. The van der Waals surface area contributed by atoms with E-state index in [1.807, 2.05) is 0 Å². The van der Waals surface area contributed by atoms with Gasteiger partial charge in [-0.2, -0.15) is 17.5 Å². The van der Waals surface area contributed by atoms with Crippen molar-refractivity contribution in [1.29, 1.82) is 0 Å². The van der Waals surface area contributed by atoms with Crippen LogP contribution in [0.1, 0.15) is 6.42 Å². The number of benzene rings is 1. The number of nitrogens with zero attached hydrogens (tertiary/aromatic N) is 1. The second-order valence-electron chi connectivity index (χ2n) is 4.50. The van der Waals surface area contributed by atoms with Gasteiger partial charge in [-0.3, -0.25) is 0 Å². The molecule has 0 unspecified atom stereocenters. The van der Waals surface area contributed by atoms with E-state index in [4.69, 9.17) is 5.73 Å². The molecule has 116 valence electrons. The van der Waals surface area contributed by atoms with Gasteiger partial charge >= 0.3 is 6.18 Å². The molecule has 0 saturated heterocycles. The van der Waals surface area contributed by atoms with Gasteiger partial charge in [-0.05, 0) is 18.6 Å². The van der Waals surface area contributed by atoms with E-state index in [1.165, 1.54) is 12.1 Å². The second kappa shape index (κ2) is 5.30. The van der Waals surface area contributed by atoms with Crippen LogP contribution in [0.25, 0.3) is 0 Å². The normalized spacial score (nSPS) is 17.6. The van der Waals surface area contributed by atoms with E-state index in [2.05, 4.69) is 0 Å². The Morgan fingerprint density at radius 1 is 1.24 bits per heavy atom. The number of hydrogen-bond donors (Lipinski definition) is 1. The molecule has 0 radical (unpaired) electrons. The monoisotopic (exact) mass is 324 g/mol. The van der Waals surface area contributed by atoms with Crippen LogP contribution in [0.5, 0.6) is 0 Å². The first kappa shape index (κ1) is 15.8. The zero-order valence-electron chi connectivity index (χ0n) is 10.7. The smallest absolute Gasteiger partial charge is 0.398 e. The lowest BCUT2D eigenvalue weighted by molar-refractivity contribution is -0.0953. The van der Waals surface area contributed by atoms with E-state index in [0.717, 1.165) is 16.4 Å². The number of hydrogen-bond acceptors (Lipinski definition) is 3. The maximum atomic E-state index is 13.7. The molecule has 1 heterocycles. The highest BCUT2D eigenvalue weighted by atomic mass is 32.2.